The van der Waals surface area contributed by atoms with Crippen molar-refractivity contribution < 1.29 is 19.3 Å². The van der Waals surface area contributed by atoms with Crippen molar-refractivity contribution in [3.05, 3.63) is 64.2 Å². The maximum absolute atomic E-state index is 12.5. The first kappa shape index (κ1) is 21.8. The normalized spacial score (nSPS) is 15.3. The molecule has 3 N–H and O–H groups in total. The Morgan fingerprint density at radius 3 is 2.58 bits per heavy atom. The smallest absolute Gasteiger partial charge is 0.293 e. The molecule has 10 heteroatoms. The standard InChI is InChI=1S/C21H23N5O5/c1-22-21(29)17-8-5-11-25(17)19(27)13-23-20(28)14-9-10-16(18(12-14)26(30)31)24-15-6-3-2-4-7-15/h2-4,6-7,9-10,12,17,24H,5,8,11,13H2,1H3,(H,22,29)(H,23,28). The van der Waals surface area contributed by atoms with Crippen LogP contribution in [0.2, 0.25) is 0 Å². The number of nitro groups is 1. The Kier molecular flexibility index (Phi) is 6.81. The number of amides is 3. The van der Waals surface area contributed by atoms with Crippen LogP contribution in [0.25, 0.3) is 0 Å². The van der Waals surface area contributed by atoms with E-state index in [2.05, 4.69) is 16.0 Å². The quantitative estimate of drug-likeness (QED) is 0.458. The first-order valence-electron chi connectivity index (χ1n) is 9.80. The largest absolute Gasteiger partial charge is 0.357 e. The summed E-state index contributed by atoms with van der Waals surface area (Å²) in [4.78, 5) is 49.2. The molecule has 3 amide bonds. The Morgan fingerprint density at radius 1 is 1.16 bits per heavy atom. The lowest BCUT2D eigenvalue weighted by molar-refractivity contribution is -0.383. The molecule has 1 heterocycles. The number of rotatable bonds is 7. The Labute approximate surface area is 178 Å². The summed E-state index contributed by atoms with van der Waals surface area (Å²) in [5, 5.41) is 19.5. The molecule has 0 bridgehead atoms. The molecule has 162 valence electrons. The van der Waals surface area contributed by atoms with Gasteiger partial charge < -0.3 is 20.9 Å². The molecule has 1 unspecified atom stereocenters. The third-order valence-corrected chi connectivity index (χ3v) is 5.03. The van der Waals surface area contributed by atoms with Crippen LogP contribution in [0.1, 0.15) is 23.2 Å². The molecule has 0 aliphatic carbocycles. The zero-order chi connectivity index (χ0) is 22.4. The lowest BCUT2D eigenvalue weighted by atomic mass is 10.1. The van der Waals surface area contributed by atoms with Gasteiger partial charge in [0.05, 0.1) is 11.5 Å². The van der Waals surface area contributed by atoms with Crippen LogP contribution < -0.4 is 16.0 Å². The van der Waals surface area contributed by atoms with Gasteiger partial charge in [0.25, 0.3) is 11.6 Å². The molecule has 2 aromatic rings. The first-order chi connectivity index (χ1) is 14.9. The van der Waals surface area contributed by atoms with Crippen molar-refractivity contribution in [2.24, 2.45) is 0 Å². The Hall–Kier alpha value is -3.95. The van der Waals surface area contributed by atoms with E-state index in [1.54, 1.807) is 24.3 Å². The van der Waals surface area contributed by atoms with Crippen molar-refractivity contribution in [2.75, 3.05) is 25.5 Å². The molecule has 1 saturated heterocycles. The second-order valence-corrected chi connectivity index (χ2v) is 7.02. The average Bonchev–Trinajstić information content (AvgIpc) is 3.27. The molecular formula is C21H23N5O5. The minimum Gasteiger partial charge on any atom is -0.357 e. The third-order valence-electron chi connectivity index (χ3n) is 5.03. The molecule has 0 spiro atoms. The van der Waals surface area contributed by atoms with Crippen molar-refractivity contribution in [3.63, 3.8) is 0 Å². The third kappa shape index (κ3) is 5.16. The van der Waals surface area contributed by atoms with E-state index in [1.165, 1.54) is 24.1 Å². The number of likely N-dealkylation sites (tertiary alicyclic amines) is 1. The molecule has 1 aliphatic rings. The molecular weight excluding hydrogens is 402 g/mol. The van der Waals surface area contributed by atoms with E-state index in [4.69, 9.17) is 0 Å². The maximum Gasteiger partial charge on any atom is 0.293 e. The number of hydrogen-bond donors (Lipinski definition) is 3. The maximum atomic E-state index is 12.5. The van der Waals surface area contributed by atoms with Gasteiger partial charge in [-0.25, -0.2) is 0 Å². The minimum atomic E-state index is -0.613. The summed E-state index contributed by atoms with van der Waals surface area (Å²) in [5.41, 5.74) is 0.712. The zero-order valence-electron chi connectivity index (χ0n) is 17.0. The van der Waals surface area contributed by atoms with E-state index in [-0.39, 0.29) is 35.3 Å². The first-order valence-corrected chi connectivity index (χ1v) is 9.80. The number of carbonyl (C=O) groups excluding carboxylic acids is 3. The number of carbonyl (C=O) groups is 3. The molecule has 0 radical (unpaired) electrons. The number of nitro benzene ring substituents is 1. The van der Waals surface area contributed by atoms with Gasteiger partial charge in [0.1, 0.15) is 11.7 Å². The zero-order valence-corrected chi connectivity index (χ0v) is 17.0. The molecule has 0 saturated carbocycles. The van der Waals surface area contributed by atoms with E-state index in [0.29, 0.717) is 25.1 Å². The van der Waals surface area contributed by atoms with Crippen LogP contribution in [0.15, 0.2) is 48.5 Å². The minimum absolute atomic E-state index is 0.0578. The molecule has 1 atom stereocenters. The van der Waals surface area contributed by atoms with Gasteiger partial charge in [0, 0.05) is 30.9 Å². The van der Waals surface area contributed by atoms with Crippen molar-refractivity contribution in [1.29, 1.82) is 0 Å². The summed E-state index contributed by atoms with van der Waals surface area (Å²) in [6.07, 6.45) is 1.28. The highest BCUT2D eigenvalue weighted by molar-refractivity contribution is 5.98. The van der Waals surface area contributed by atoms with E-state index >= 15 is 0 Å². The summed E-state index contributed by atoms with van der Waals surface area (Å²) in [5.74, 6) is -1.23. The summed E-state index contributed by atoms with van der Waals surface area (Å²) in [6.45, 7) is 0.141. The highest BCUT2D eigenvalue weighted by Crippen LogP contribution is 2.28. The van der Waals surface area contributed by atoms with Gasteiger partial charge in [-0.05, 0) is 37.1 Å². The number of hydrogen-bond acceptors (Lipinski definition) is 6. The Balaban J connectivity index is 1.67. The number of para-hydroxylation sites is 1. The molecule has 31 heavy (non-hydrogen) atoms. The fourth-order valence-corrected chi connectivity index (χ4v) is 3.47. The van der Waals surface area contributed by atoms with Gasteiger partial charge in [-0.2, -0.15) is 0 Å². The van der Waals surface area contributed by atoms with Gasteiger partial charge in [0.15, 0.2) is 0 Å². The van der Waals surface area contributed by atoms with Crippen LogP contribution in [0.3, 0.4) is 0 Å². The molecule has 10 nitrogen and oxygen atoms in total. The van der Waals surface area contributed by atoms with Gasteiger partial charge >= 0.3 is 0 Å². The summed E-state index contributed by atoms with van der Waals surface area (Å²) >= 11 is 0. The second kappa shape index (κ2) is 9.70. The van der Waals surface area contributed by atoms with E-state index in [9.17, 15) is 24.5 Å². The van der Waals surface area contributed by atoms with Crippen LogP contribution in [-0.2, 0) is 9.59 Å². The summed E-state index contributed by atoms with van der Waals surface area (Å²) < 4.78 is 0. The average molecular weight is 425 g/mol. The fraction of sp³-hybridized carbons (Fsp3) is 0.286. The summed E-state index contributed by atoms with van der Waals surface area (Å²) in [7, 11) is 1.51. The summed E-state index contributed by atoms with van der Waals surface area (Å²) in [6, 6.07) is 12.5. The molecule has 1 aliphatic heterocycles. The van der Waals surface area contributed by atoms with Crippen LogP contribution >= 0.6 is 0 Å². The van der Waals surface area contributed by atoms with Gasteiger partial charge in [-0.15, -0.1) is 0 Å². The SMILES string of the molecule is CNC(=O)C1CCCN1C(=O)CNC(=O)c1ccc(Nc2ccccc2)c([N+](=O)[O-])c1. The molecule has 1 fully saturated rings. The predicted octanol–water partition coefficient (Wildman–Crippen LogP) is 1.81. The van der Waals surface area contributed by atoms with E-state index in [1.807, 2.05) is 6.07 Å². The van der Waals surface area contributed by atoms with Crippen LogP contribution in [0.5, 0.6) is 0 Å². The monoisotopic (exact) mass is 425 g/mol. The van der Waals surface area contributed by atoms with Crippen molar-refractivity contribution in [3.8, 4) is 0 Å². The van der Waals surface area contributed by atoms with Crippen molar-refractivity contribution in [1.82, 2.24) is 15.5 Å². The molecule has 3 rings (SSSR count). The van der Waals surface area contributed by atoms with Crippen LogP contribution in [0.4, 0.5) is 17.1 Å². The highest BCUT2D eigenvalue weighted by Gasteiger charge is 2.33. The number of anilines is 2. The number of nitrogens with one attached hydrogen (secondary N) is 3. The van der Waals surface area contributed by atoms with Crippen LogP contribution in [-0.4, -0.2) is 53.7 Å². The van der Waals surface area contributed by atoms with Crippen molar-refractivity contribution in [2.45, 2.75) is 18.9 Å². The lowest BCUT2D eigenvalue weighted by Gasteiger charge is -2.23. The van der Waals surface area contributed by atoms with Crippen molar-refractivity contribution >= 4 is 34.8 Å². The lowest BCUT2D eigenvalue weighted by Crippen LogP contribution is -2.48. The number of benzene rings is 2. The predicted molar refractivity (Wildman–Crippen MR) is 114 cm³/mol. The Morgan fingerprint density at radius 2 is 1.90 bits per heavy atom. The van der Waals surface area contributed by atoms with E-state index in [0.717, 1.165) is 6.07 Å². The van der Waals surface area contributed by atoms with E-state index < -0.39 is 16.9 Å². The molecule has 0 aromatic heterocycles. The van der Waals surface area contributed by atoms with Gasteiger partial charge in [0.2, 0.25) is 11.8 Å². The van der Waals surface area contributed by atoms with Gasteiger partial charge in [-0.3, -0.25) is 24.5 Å². The second-order valence-electron chi connectivity index (χ2n) is 7.02. The topological polar surface area (TPSA) is 134 Å². The fourth-order valence-electron chi connectivity index (χ4n) is 3.47. The number of nitrogens with zero attached hydrogens (tertiary/aromatic N) is 2. The molecule has 2 aromatic carbocycles. The van der Waals surface area contributed by atoms with Crippen LogP contribution in [0, 0.1) is 10.1 Å². The highest BCUT2D eigenvalue weighted by atomic mass is 16.6. The number of likely N-dealkylation sites (N-methyl/N-ethyl adjacent to an activating group) is 1. The Bertz CT molecular complexity index is 995. The van der Waals surface area contributed by atoms with Gasteiger partial charge in [-0.1, -0.05) is 18.2 Å².